The van der Waals surface area contributed by atoms with Crippen LogP contribution in [0, 0.1) is 6.92 Å². The second kappa shape index (κ2) is 23.4. The van der Waals surface area contributed by atoms with Gasteiger partial charge in [-0.3, -0.25) is 26.4 Å². The van der Waals surface area contributed by atoms with Crippen molar-refractivity contribution in [2.45, 2.75) is 26.7 Å². The molecule has 0 aliphatic rings. The van der Waals surface area contributed by atoms with Crippen LogP contribution in [0.1, 0.15) is 30.9 Å². The van der Waals surface area contributed by atoms with Crippen LogP contribution in [0.2, 0.25) is 0 Å². The molecular formula is C112H65N15. The van der Waals surface area contributed by atoms with Crippen molar-refractivity contribution in [3.63, 3.8) is 0 Å². The quantitative estimate of drug-likeness (QED) is 0.157. The van der Waals surface area contributed by atoms with E-state index < -0.39 is 0 Å². The zero-order chi connectivity index (χ0) is 82.5. The van der Waals surface area contributed by atoms with E-state index in [1.807, 2.05) is 0 Å². The molecule has 19 aromatic carbocycles. The van der Waals surface area contributed by atoms with E-state index in [4.69, 9.17) is 29.9 Å². The number of aromatic nitrogens is 15. The lowest BCUT2D eigenvalue weighted by Gasteiger charge is -2.11. The van der Waals surface area contributed by atoms with Gasteiger partial charge in [0.25, 0.3) is 0 Å². The molecule has 0 unspecified atom stereocenters. The first kappa shape index (κ1) is 66.6. The van der Waals surface area contributed by atoms with Crippen LogP contribution in [0.5, 0.6) is 0 Å². The maximum atomic E-state index is 5.62. The van der Waals surface area contributed by atoms with Crippen molar-refractivity contribution in [3.05, 3.63) is 345 Å². The van der Waals surface area contributed by atoms with E-state index in [-0.39, 0.29) is 0 Å². The van der Waals surface area contributed by atoms with Gasteiger partial charge < -0.3 is 0 Å². The molecule has 588 valence electrons. The minimum atomic E-state index is 0.399. The van der Waals surface area contributed by atoms with Crippen LogP contribution in [0.4, 0.5) is 0 Å². The summed E-state index contributed by atoms with van der Waals surface area (Å²) in [7, 11) is 0. The Morgan fingerprint density at radius 3 is 0.748 bits per heavy atom. The highest BCUT2D eigenvalue weighted by Gasteiger charge is 2.31. The fourth-order valence-electron chi connectivity index (χ4n) is 22.1. The lowest BCUT2D eigenvalue weighted by molar-refractivity contribution is 0.867. The molecule has 31 rings (SSSR count). The Morgan fingerprint density at radius 2 is 0.433 bits per heavy atom. The summed E-state index contributed by atoms with van der Waals surface area (Å²) in [6, 6.07) is 124. The van der Waals surface area contributed by atoms with Gasteiger partial charge in [0.1, 0.15) is 16.6 Å². The third kappa shape index (κ3) is 8.82. The van der Waals surface area contributed by atoms with Gasteiger partial charge in [-0.05, 0) is 283 Å². The van der Waals surface area contributed by atoms with Gasteiger partial charge in [0.2, 0.25) is 34.7 Å². The molecule has 0 amide bonds. The smallest absolute Gasteiger partial charge is 0.223 e. The monoisotopic (exact) mass is 1620 g/mol. The Morgan fingerprint density at radius 1 is 0.181 bits per heavy atom. The minimum absolute atomic E-state index is 0.399. The van der Waals surface area contributed by atoms with Gasteiger partial charge in [-0.1, -0.05) is 220 Å². The number of fused-ring (bicyclic) bond motifs is 36. The van der Waals surface area contributed by atoms with Crippen LogP contribution >= 0.6 is 0 Å². The summed E-state index contributed by atoms with van der Waals surface area (Å²) in [4.78, 5) is 33.2. The Kier molecular flexibility index (Phi) is 12.3. The van der Waals surface area contributed by atoms with Crippen LogP contribution in [0.25, 0.3) is 282 Å². The Balaban J connectivity index is 0.540. The van der Waals surface area contributed by atoms with E-state index in [1.165, 1.54) is 38.4 Å². The lowest BCUT2D eigenvalue weighted by Crippen LogP contribution is -1.90. The molecular weight excluding hydrogens is 1560 g/mol. The minimum Gasteiger partial charge on any atom is -0.276 e. The summed E-state index contributed by atoms with van der Waals surface area (Å²) in [5, 5.41) is 13.7. The van der Waals surface area contributed by atoms with Crippen molar-refractivity contribution >= 4 is 215 Å². The largest absolute Gasteiger partial charge is 0.276 e. The van der Waals surface area contributed by atoms with E-state index in [0.29, 0.717) is 5.92 Å². The summed E-state index contributed by atoms with van der Waals surface area (Å²) in [6.45, 7) is 6.66. The van der Waals surface area contributed by atoms with Crippen molar-refractivity contribution in [2.24, 2.45) is 0 Å². The van der Waals surface area contributed by atoms with Gasteiger partial charge >= 0.3 is 0 Å². The number of benzene rings is 19. The fourth-order valence-corrected chi connectivity index (χ4v) is 22.1. The van der Waals surface area contributed by atoms with Crippen molar-refractivity contribution < 1.29 is 0 Å². The molecule has 0 spiro atoms. The van der Waals surface area contributed by atoms with Crippen molar-refractivity contribution in [1.82, 2.24) is 69.5 Å². The number of imidazole rings is 12. The molecule has 0 atom stereocenters. The molecule has 0 saturated carbocycles. The molecule has 15 nitrogen and oxygen atoms in total. The van der Waals surface area contributed by atoms with E-state index in [1.54, 1.807) is 0 Å². The van der Waals surface area contributed by atoms with Gasteiger partial charge in [0.15, 0.2) is 0 Å². The van der Waals surface area contributed by atoms with Crippen LogP contribution in [-0.4, -0.2) is 69.5 Å². The summed E-state index contributed by atoms with van der Waals surface area (Å²) in [5.74, 6) is 5.41. The molecule has 31 aromatic rings. The Labute approximate surface area is 718 Å². The second-order valence-electron chi connectivity index (χ2n) is 35.6. The molecule has 0 radical (unpaired) electrons. The van der Waals surface area contributed by atoms with Crippen LogP contribution in [0.3, 0.4) is 0 Å². The summed E-state index contributed by atoms with van der Waals surface area (Å²) >= 11 is 0. The third-order valence-corrected chi connectivity index (χ3v) is 28.2. The molecule has 0 fully saturated rings. The summed E-state index contributed by atoms with van der Waals surface area (Å²) < 4.78 is 21.0. The highest BCUT2D eigenvalue weighted by atomic mass is 15.3. The first-order chi connectivity index (χ1) is 62.6. The molecule has 15 heteroatoms. The van der Waals surface area contributed by atoms with Crippen molar-refractivity contribution in [3.8, 4) is 66.8 Å². The molecule has 0 bridgehead atoms. The average Bonchev–Trinajstić information content (AvgIpc) is 1.52. The first-order valence-corrected chi connectivity index (χ1v) is 43.5. The number of hydrogen-bond acceptors (Lipinski definition) is 6. The highest BCUT2D eigenvalue weighted by Crippen LogP contribution is 2.47. The van der Waals surface area contributed by atoms with Gasteiger partial charge in [0.05, 0.1) is 99.3 Å². The van der Waals surface area contributed by atoms with Crippen LogP contribution in [-0.2, 0) is 0 Å². The topological polar surface area (TPSA) is 117 Å². The molecule has 12 heterocycles. The summed E-state index contributed by atoms with van der Waals surface area (Å²) in [5.41, 5.74) is 37.9. The predicted molar refractivity (Wildman–Crippen MR) is 519 cm³/mol. The molecule has 0 aliphatic carbocycles. The maximum Gasteiger partial charge on any atom is 0.223 e. The standard InChI is InChI=1S/C112H65N15/c1-59(2)61-25-27-63(28-26-61)82-55-100-105-101(56-82)123-96-51-79-39-71(72-32-36-76-46-91-97(52-80(76)40-72)124-103-58-83(85-20-12-11-19-84(85)64-13-5-4-6-14-64)57-102-106(103)127(112(124)118-91)108-114-87-42-66-16-8-10-18-68(66)48-93(87)120(102)108)31-35-75(79)45-90(96)117-111(123)126(105)110-116-89-44-74-34-30-70(38-78(74)50-95(89)122(100)110)69-29-33-73-43-88-94(49-77(73)37-69)121-99-54-81(62-23-21-60(3)22-24-62)53-98-104(99)125(109(121)115-88)107-113-86-41-65-15-7-9-17-67(65)47-92(86)119(98)107/h4-59H,1-3H3. The van der Waals surface area contributed by atoms with Crippen molar-refractivity contribution in [1.29, 1.82) is 0 Å². The van der Waals surface area contributed by atoms with E-state index in [2.05, 4.69) is 394 Å². The molecule has 127 heavy (non-hydrogen) atoms. The van der Waals surface area contributed by atoms with E-state index in [9.17, 15) is 0 Å². The fraction of sp³-hybridized carbons (Fsp3) is 0.0357. The van der Waals surface area contributed by atoms with Gasteiger partial charge in [-0.15, -0.1) is 0 Å². The molecule has 0 N–H and O–H groups in total. The Hall–Kier alpha value is -17.0. The molecule has 0 aliphatic heterocycles. The van der Waals surface area contributed by atoms with E-state index in [0.717, 1.165) is 255 Å². The predicted octanol–water partition coefficient (Wildman–Crippen LogP) is 27.4. The van der Waals surface area contributed by atoms with Gasteiger partial charge in [-0.2, -0.15) is 0 Å². The number of aryl methyl sites for hydroxylation is 1. The lowest BCUT2D eigenvalue weighted by atomic mass is 9.94. The Bertz CT molecular complexity index is 10400. The van der Waals surface area contributed by atoms with Gasteiger partial charge in [0, 0.05) is 0 Å². The van der Waals surface area contributed by atoms with Gasteiger partial charge in [-0.25, -0.2) is 43.1 Å². The zero-order valence-corrected chi connectivity index (χ0v) is 68.5. The zero-order valence-electron chi connectivity index (χ0n) is 68.5. The highest BCUT2D eigenvalue weighted by molar-refractivity contribution is 6.15. The normalized spacial score (nSPS) is 12.9. The number of rotatable bonds is 7. The molecule has 0 saturated heterocycles. The average molecular weight is 1620 g/mol. The third-order valence-electron chi connectivity index (χ3n) is 28.2. The van der Waals surface area contributed by atoms with Crippen molar-refractivity contribution in [2.75, 3.05) is 0 Å². The first-order valence-electron chi connectivity index (χ1n) is 43.5. The maximum absolute atomic E-state index is 5.62. The number of nitrogens with zero attached hydrogens (tertiary/aromatic N) is 15. The number of hydrogen-bond donors (Lipinski definition) is 0. The summed E-state index contributed by atoms with van der Waals surface area (Å²) in [6.07, 6.45) is 0. The SMILES string of the molecule is Cc1ccc(-c2cc3c4c(c2)n2c5cc6cc(-c7ccc8cc9nc%10n(c9cc8c7)c7cc(-c8ccc(C(C)C)cc8)cc8c7n%10c7nc9cc%10ccc(-c%11ccc%12cc%13nc%14n(c%13cc%12c%11)c%11cc(-c%12ccccc%12-c%12ccccc%12)cc%12c%11n%14c%11nc%13cc%14ccccc%14cc%13n%12%11)cc%10cc9n87)ccc6cc5nc2n4c2nc4cc5ccccc5cc4n32)cc1. The van der Waals surface area contributed by atoms with E-state index >= 15 is 0 Å². The van der Waals surface area contributed by atoms with Crippen LogP contribution < -0.4 is 0 Å². The second-order valence-corrected chi connectivity index (χ2v) is 35.6. The molecule has 12 aromatic heterocycles. The van der Waals surface area contributed by atoms with Crippen LogP contribution in [0.15, 0.2) is 334 Å².